The van der Waals surface area contributed by atoms with Crippen LogP contribution in [0.2, 0.25) is 44.4 Å². The highest BCUT2D eigenvalue weighted by atomic mass is 35.5. The SMILES string of the molecule is CC(=O)OC1CO[C@@H](COC(=O)c2ccccc2)O1.C[Si](C)(C)Nc1nc(Cl)c2ncn([Si](C)(C)C)c2n1.Cc1nc(N)nc2c1ncn2C1CO[C@@H](COC(=O)c2ccccc2)O1. The fraction of sp³-hybridized carbons (Fsp3) is 0.390. The molecule has 0 bridgehead atoms. The Balaban J connectivity index is 0.000000163. The van der Waals surface area contributed by atoms with Crippen molar-refractivity contribution in [2.45, 2.75) is 78.2 Å². The second-order valence-corrected chi connectivity index (χ2v) is 26.3. The molecule has 2 fully saturated rings. The van der Waals surface area contributed by atoms with Gasteiger partial charge in [0.1, 0.15) is 39.1 Å². The van der Waals surface area contributed by atoms with E-state index in [0.29, 0.717) is 44.6 Å². The van der Waals surface area contributed by atoms with Crippen molar-refractivity contribution in [3.63, 3.8) is 0 Å². The number of carbonyl (C=O) groups excluding carboxylic acids is 3. The number of ether oxygens (including phenoxy) is 7. The van der Waals surface area contributed by atoms with Gasteiger partial charge in [0.15, 0.2) is 43.5 Å². The summed E-state index contributed by atoms with van der Waals surface area (Å²) in [5.41, 5.74) is 10.1. The highest BCUT2D eigenvalue weighted by Gasteiger charge is 2.31. The zero-order chi connectivity index (χ0) is 46.2. The number of nitrogens with one attached hydrogen (secondary N) is 1. The van der Waals surface area contributed by atoms with Crippen molar-refractivity contribution in [3.05, 3.63) is 95.3 Å². The highest BCUT2D eigenvalue weighted by Crippen LogP contribution is 2.27. The van der Waals surface area contributed by atoms with Crippen LogP contribution in [-0.2, 0) is 38.0 Å². The quantitative estimate of drug-likeness (QED) is 0.0659. The third kappa shape index (κ3) is 12.9. The number of hydrogen-bond acceptors (Lipinski definition) is 18. The van der Waals surface area contributed by atoms with Crippen molar-refractivity contribution in [3.8, 4) is 0 Å². The number of halogens is 1. The van der Waals surface area contributed by atoms with Crippen LogP contribution < -0.4 is 10.7 Å². The molecule has 2 aliphatic heterocycles. The molecule has 0 amide bonds. The van der Waals surface area contributed by atoms with E-state index in [2.05, 4.69) is 78.4 Å². The number of hydrogen-bond donors (Lipinski definition) is 2. The number of esters is 3. The van der Waals surface area contributed by atoms with E-state index in [9.17, 15) is 14.4 Å². The van der Waals surface area contributed by atoms with E-state index in [-0.39, 0.29) is 32.4 Å². The summed E-state index contributed by atoms with van der Waals surface area (Å²) in [5.74, 6) is -0.551. The molecule has 6 aromatic rings. The summed E-state index contributed by atoms with van der Waals surface area (Å²) in [4.78, 5) is 63.6. The van der Waals surface area contributed by atoms with Gasteiger partial charge >= 0.3 is 17.9 Å². The molecule has 23 heteroatoms. The van der Waals surface area contributed by atoms with E-state index in [1.54, 1.807) is 59.4 Å². The van der Waals surface area contributed by atoms with Gasteiger partial charge in [0.05, 0.1) is 36.1 Å². The molecule has 0 aliphatic carbocycles. The first-order valence-electron chi connectivity index (χ1n) is 20.2. The molecule has 2 unspecified atom stereocenters. The summed E-state index contributed by atoms with van der Waals surface area (Å²) >= 11 is 6.22. The fourth-order valence-electron chi connectivity index (χ4n) is 6.08. The number of aromatic nitrogens is 8. The summed E-state index contributed by atoms with van der Waals surface area (Å²) in [6, 6.07) is 17.4. The molecular weight excluding hydrogens is 884 g/mol. The number of rotatable bonds is 11. The zero-order valence-corrected chi connectivity index (χ0v) is 39.4. The topological polar surface area (TPSA) is 241 Å². The third-order valence-corrected chi connectivity index (χ3v) is 12.0. The molecule has 6 heterocycles. The predicted molar refractivity (Wildman–Crippen MR) is 240 cm³/mol. The lowest BCUT2D eigenvalue weighted by atomic mass is 10.2. The highest BCUT2D eigenvalue weighted by molar-refractivity contribution is 6.79. The van der Waals surface area contributed by atoms with Crippen LogP contribution in [0, 0.1) is 6.92 Å². The third-order valence-electron chi connectivity index (χ3n) is 8.96. The monoisotopic (exact) mass is 934 g/mol. The summed E-state index contributed by atoms with van der Waals surface area (Å²) in [6.07, 6.45) is 0.892. The Kier molecular flexibility index (Phi) is 15.4. The van der Waals surface area contributed by atoms with Gasteiger partial charge in [-0.05, 0) is 31.2 Å². The maximum atomic E-state index is 12.0. The van der Waals surface area contributed by atoms with E-state index in [4.69, 9.17) is 50.5 Å². The van der Waals surface area contributed by atoms with Gasteiger partial charge in [0.2, 0.25) is 18.2 Å². The second-order valence-electron chi connectivity index (χ2n) is 16.4. The lowest BCUT2D eigenvalue weighted by Gasteiger charge is -2.20. The van der Waals surface area contributed by atoms with Crippen molar-refractivity contribution in [1.82, 2.24) is 38.7 Å². The van der Waals surface area contributed by atoms with Crippen LogP contribution in [0.15, 0.2) is 73.3 Å². The maximum Gasteiger partial charge on any atom is 0.338 e. The Hall–Kier alpha value is -5.89. The van der Waals surface area contributed by atoms with Crippen LogP contribution in [0.1, 0.15) is 39.6 Å². The van der Waals surface area contributed by atoms with Crippen molar-refractivity contribution < 1.29 is 47.5 Å². The van der Waals surface area contributed by atoms with E-state index >= 15 is 0 Å². The van der Waals surface area contributed by atoms with Crippen molar-refractivity contribution in [2.24, 2.45) is 0 Å². The Bertz CT molecular complexity index is 2560. The van der Waals surface area contributed by atoms with E-state index < -0.39 is 59.5 Å². The van der Waals surface area contributed by atoms with Gasteiger partial charge < -0.3 is 48.1 Å². The fourth-order valence-corrected chi connectivity index (χ4v) is 8.28. The molecule has 64 heavy (non-hydrogen) atoms. The molecule has 0 radical (unpaired) electrons. The van der Waals surface area contributed by atoms with Gasteiger partial charge in [-0.25, -0.2) is 24.5 Å². The van der Waals surface area contributed by atoms with Gasteiger partial charge in [-0.15, -0.1) is 0 Å². The standard InChI is InChI=1S/C17H17N5O4.C13H14O6.C11H20ClN5Si2/c1-10-14-15(21-17(18)20-10)22(9-19-14)12-7-24-13(26-12)8-25-16(23)11-5-3-2-4-6-11;1-9(14)18-12-8-16-11(19-12)7-17-13(15)10-5-3-2-4-6-10;1-18(2,3)16-11-14-9(12)8-10(15-11)17(7-13-8)19(4,5)6/h2-6,9,12-13H,7-8H2,1H3,(H2,18,20,21);2-6,11-12H,7-8H2,1H3;7H,1-6H3,(H,14,15,16)/t12?,13-;11-,12?;/m11./s1. The first-order chi connectivity index (χ1) is 30.3. The van der Waals surface area contributed by atoms with E-state index in [1.807, 2.05) is 25.4 Å². The minimum atomic E-state index is -1.56. The van der Waals surface area contributed by atoms with Gasteiger partial charge in [0.25, 0.3) is 0 Å². The molecule has 0 spiro atoms. The second kappa shape index (κ2) is 20.7. The van der Waals surface area contributed by atoms with Crippen LogP contribution in [0.25, 0.3) is 22.3 Å². The number of imidazole rings is 2. The van der Waals surface area contributed by atoms with Crippen LogP contribution in [0.5, 0.6) is 0 Å². The summed E-state index contributed by atoms with van der Waals surface area (Å²) in [7, 11) is -3.06. The van der Waals surface area contributed by atoms with Crippen LogP contribution >= 0.6 is 11.6 Å². The normalized spacial score (nSPS) is 18.4. The molecule has 3 N–H and O–H groups in total. The largest absolute Gasteiger partial charge is 0.457 e. The average molecular weight is 936 g/mol. The zero-order valence-electron chi connectivity index (χ0n) is 36.7. The predicted octanol–water partition coefficient (Wildman–Crippen LogP) is 5.96. The van der Waals surface area contributed by atoms with Crippen LogP contribution in [0.4, 0.5) is 11.9 Å². The van der Waals surface area contributed by atoms with Gasteiger partial charge in [0, 0.05) is 6.92 Å². The molecule has 2 saturated heterocycles. The number of fused-ring (bicyclic) bond motifs is 2. The number of benzene rings is 2. The number of aryl methyl sites for hydroxylation is 1. The number of nitrogens with zero attached hydrogens (tertiary/aromatic N) is 8. The molecule has 4 atom stereocenters. The molecule has 2 aliphatic rings. The minimum absolute atomic E-state index is 0.00694. The molecule has 20 nitrogen and oxygen atoms in total. The smallest absolute Gasteiger partial charge is 0.338 e. The summed E-state index contributed by atoms with van der Waals surface area (Å²) in [5, 5.41) is 0.419. The van der Waals surface area contributed by atoms with Gasteiger partial charge in [-0.2, -0.15) is 15.0 Å². The molecule has 4 aromatic heterocycles. The van der Waals surface area contributed by atoms with Crippen molar-refractivity contribution in [2.75, 3.05) is 37.1 Å². The van der Waals surface area contributed by atoms with Gasteiger partial charge in [-0.3, -0.25) is 9.36 Å². The molecule has 8 rings (SSSR count). The van der Waals surface area contributed by atoms with Crippen LogP contribution in [0.3, 0.4) is 0 Å². The minimum Gasteiger partial charge on any atom is -0.457 e. The maximum absolute atomic E-state index is 12.0. The molecule has 0 saturated carbocycles. The molecular formula is C41H51ClN10O10Si2. The summed E-state index contributed by atoms with van der Waals surface area (Å²) in [6.45, 7) is 16.8. The number of nitrogen functional groups attached to an aromatic ring is 1. The Morgan fingerprint density at radius 2 is 1.36 bits per heavy atom. The summed E-state index contributed by atoms with van der Waals surface area (Å²) < 4.78 is 40.7. The first kappa shape index (κ1) is 47.6. The van der Waals surface area contributed by atoms with Gasteiger partial charge in [-0.1, -0.05) is 87.3 Å². The number of carbonyl (C=O) groups is 3. The number of nitrogens with two attached hydrogens (primary N) is 1. The van der Waals surface area contributed by atoms with Crippen molar-refractivity contribution >= 4 is 80.2 Å². The lowest BCUT2D eigenvalue weighted by Crippen LogP contribution is -2.34. The van der Waals surface area contributed by atoms with E-state index in [1.165, 1.54) is 6.92 Å². The van der Waals surface area contributed by atoms with E-state index in [0.717, 1.165) is 5.65 Å². The Labute approximate surface area is 375 Å². The lowest BCUT2D eigenvalue weighted by molar-refractivity contribution is -0.177. The Morgan fingerprint density at radius 3 is 1.94 bits per heavy atom. The van der Waals surface area contributed by atoms with Crippen molar-refractivity contribution in [1.29, 1.82) is 0 Å². The molecule has 2 aromatic carbocycles. The molecule has 340 valence electrons. The van der Waals surface area contributed by atoms with Crippen LogP contribution in [-0.4, -0.2) is 118 Å². The average Bonchev–Trinajstić information content (AvgIpc) is 4.06. The number of anilines is 2. The Morgan fingerprint density at radius 1 is 0.781 bits per heavy atom. The first-order valence-corrected chi connectivity index (χ1v) is 27.5.